The standard InChI is InChI=1S/C12H18N2O2/c1-10(16)14-7-6-13-8-11-2-4-12(9-15)5-3-11/h2-5,13,15H,6-9H2,1H3,(H,14,16). The maximum atomic E-state index is 10.6. The Morgan fingerprint density at radius 3 is 2.38 bits per heavy atom. The van der Waals surface area contributed by atoms with E-state index in [0.717, 1.165) is 18.7 Å². The first-order valence-electron chi connectivity index (χ1n) is 5.36. The number of carbonyl (C=O) groups is 1. The molecule has 0 saturated carbocycles. The van der Waals surface area contributed by atoms with Gasteiger partial charge in [-0.2, -0.15) is 0 Å². The van der Waals surface area contributed by atoms with Crippen molar-refractivity contribution in [3.63, 3.8) is 0 Å². The van der Waals surface area contributed by atoms with Gasteiger partial charge in [-0.3, -0.25) is 4.79 Å². The van der Waals surface area contributed by atoms with Crippen molar-refractivity contribution < 1.29 is 9.90 Å². The molecule has 4 nitrogen and oxygen atoms in total. The van der Waals surface area contributed by atoms with E-state index in [-0.39, 0.29) is 12.5 Å². The summed E-state index contributed by atoms with van der Waals surface area (Å²) in [5, 5.41) is 14.8. The molecule has 1 aromatic carbocycles. The third kappa shape index (κ3) is 4.91. The molecular weight excluding hydrogens is 204 g/mol. The van der Waals surface area contributed by atoms with Gasteiger partial charge >= 0.3 is 0 Å². The highest BCUT2D eigenvalue weighted by Gasteiger charge is 1.94. The third-order valence-electron chi connectivity index (χ3n) is 2.21. The molecule has 0 saturated heterocycles. The lowest BCUT2D eigenvalue weighted by molar-refractivity contribution is -0.118. The molecule has 88 valence electrons. The Bertz CT molecular complexity index is 322. The molecular formula is C12H18N2O2. The molecule has 0 bridgehead atoms. The summed E-state index contributed by atoms with van der Waals surface area (Å²) >= 11 is 0. The van der Waals surface area contributed by atoms with E-state index in [1.54, 1.807) is 0 Å². The second kappa shape index (κ2) is 6.98. The number of hydrogen-bond acceptors (Lipinski definition) is 3. The number of aliphatic hydroxyl groups excluding tert-OH is 1. The smallest absolute Gasteiger partial charge is 0.216 e. The minimum Gasteiger partial charge on any atom is -0.392 e. The minimum atomic E-state index is -0.00546. The molecule has 3 N–H and O–H groups in total. The van der Waals surface area contributed by atoms with Crippen LogP contribution in [0.5, 0.6) is 0 Å². The highest BCUT2D eigenvalue weighted by Crippen LogP contribution is 2.03. The first-order chi connectivity index (χ1) is 7.72. The lowest BCUT2D eigenvalue weighted by Crippen LogP contribution is -2.29. The van der Waals surface area contributed by atoms with Crippen LogP contribution in [0.4, 0.5) is 0 Å². The van der Waals surface area contributed by atoms with Gasteiger partial charge in [-0.15, -0.1) is 0 Å². The quantitative estimate of drug-likeness (QED) is 0.611. The van der Waals surface area contributed by atoms with Gasteiger partial charge in [0.15, 0.2) is 0 Å². The van der Waals surface area contributed by atoms with Crippen molar-refractivity contribution in [2.45, 2.75) is 20.1 Å². The number of rotatable bonds is 6. The molecule has 0 atom stereocenters. The Hall–Kier alpha value is -1.39. The van der Waals surface area contributed by atoms with E-state index in [4.69, 9.17) is 5.11 Å². The summed E-state index contributed by atoms with van der Waals surface area (Å²) in [7, 11) is 0. The predicted molar refractivity (Wildman–Crippen MR) is 62.8 cm³/mol. The zero-order valence-electron chi connectivity index (χ0n) is 9.49. The van der Waals surface area contributed by atoms with Crippen molar-refractivity contribution >= 4 is 5.91 Å². The topological polar surface area (TPSA) is 61.4 Å². The Morgan fingerprint density at radius 2 is 1.81 bits per heavy atom. The van der Waals surface area contributed by atoms with Crippen LogP contribution < -0.4 is 10.6 Å². The van der Waals surface area contributed by atoms with Crippen LogP contribution in [-0.4, -0.2) is 24.1 Å². The number of benzene rings is 1. The van der Waals surface area contributed by atoms with Gasteiger partial charge in [-0.1, -0.05) is 24.3 Å². The van der Waals surface area contributed by atoms with Crippen molar-refractivity contribution in [1.29, 1.82) is 0 Å². The first-order valence-corrected chi connectivity index (χ1v) is 5.36. The lowest BCUT2D eigenvalue weighted by atomic mass is 10.1. The van der Waals surface area contributed by atoms with Gasteiger partial charge in [0.05, 0.1) is 6.61 Å². The largest absolute Gasteiger partial charge is 0.392 e. The van der Waals surface area contributed by atoms with Crippen molar-refractivity contribution in [2.24, 2.45) is 0 Å². The Balaban J connectivity index is 2.19. The fourth-order valence-electron chi connectivity index (χ4n) is 1.32. The number of hydrogen-bond donors (Lipinski definition) is 3. The highest BCUT2D eigenvalue weighted by atomic mass is 16.3. The predicted octanol–water partition coefficient (Wildman–Crippen LogP) is 0.405. The summed E-state index contributed by atoms with van der Waals surface area (Å²) in [5.74, 6) is -0.00546. The third-order valence-corrected chi connectivity index (χ3v) is 2.21. The van der Waals surface area contributed by atoms with Crippen LogP contribution in [0.15, 0.2) is 24.3 Å². The van der Waals surface area contributed by atoms with Crippen LogP contribution in [0.25, 0.3) is 0 Å². The molecule has 4 heteroatoms. The normalized spacial score (nSPS) is 10.1. The molecule has 0 unspecified atom stereocenters. The highest BCUT2D eigenvalue weighted by molar-refractivity contribution is 5.72. The van der Waals surface area contributed by atoms with E-state index in [9.17, 15) is 4.79 Å². The van der Waals surface area contributed by atoms with E-state index < -0.39 is 0 Å². The average molecular weight is 222 g/mol. The fraction of sp³-hybridized carbons (Fsp3) is 0.417. The summed E-state index contributed by atoms with van der Waals surface area (Å²) in [6.07, 6.45) is 0. The van der Waals surface area contributed by atoms with Gasteiger partial charge in [0.2, 0.25) is 5.91 Å². The minimum absolute atomic E-state index is 0.00546. The van der Waals surface area contributed by atoms with Crippen LogP contribution in [0.3, 0.4) is 0 Å². The van der Waals surface area contributed by atoms with Crippen LogP contribution >= 0.6 is 0 Å². The van der Waals surface area contributed by atoms with Gasteiger partial charge in [0.1, 0.15) is 0 Å². The number of nitrogens with one attached hydrogen (secondary N) is 2. The summed E-state index contributed by atoms with van der Waals surface area (Å²) in [6.45, 7) is 3.75. The van der Waals surface area contributed by atoms with Gasteiger partial charge in [-0.05, 0) is 11.1 Å². The van der Waals surface area contributed by atoms with E-state index in [1.165, 1.54) is 12.5 Å². The molecule has 0 aliphatic rings. The van der Waals surface area contributed by atoms with E-state index in [1.807, 2.05) is 24.3 Å². The van der Waals surface area contributed by atoms with Crippen LogP contribution in [-0.2, 0) is 17.9 Å². The fourth-order valence-corrected chi connectivity index (χ4v) is 1.32. The summed E-state index contributed by atoms with van der Waals surface area (Å²) in [4.78, 5) is 10.6. The van der Waals surface area contributed by atoms with Gasteiger partial charge in [0.25, 0.3) is 0 Å². The second-order valence-corrected chi connectivity index (χ2v) is 3.63. The van der Waals surface area contributed by atoms with E-state index in [0.29, 0.717) is 6.54 Å². The number of aliphatic hydroxyl groups is 1. The number of carbonyl (C=O) groups excluding carboxylic acids is 1. The molecule has 1 rings (SSSR count). The Morgan fingerprint density at radius 1 is 1.19 bits per heavy atom. The molecule has 0 spiro atoms. The molecule has 0 aliphatic carbocycles. The summed E-state index contributed by atoms with van der Waals surface area (Å²) in [5.41, 5.74) is 2.09. The maximum Gasteiger partial charge on any atom is 0.216 e. The van der Waals surface area contributed by atoms with E-state index in [2.05, 4.69) is 10.6 Å². The average Bonchev–Trinajstić information content (AvgIpc) is 2.29. The Labute approximate surface area is 95.7 Å². The van der Waals surface area contributed by atoms with Crippen LogP contribution in [0.2, 0.25) is 0 Å². The monoisotopic (exact) mass is 222 g/mol. The second-order valence-electron chi connectivity index (χ2n) is 3.63. The molecule has 1 amide bonds. The first kappa shape index (κ1) is 12.7. The van der Waals surface area contributed by atoms with Crippen molar-refractivity contribution in [1.82, 2.24) is 10.6 Å². The maximum absolute atomic E-state index is 10.6. The molecule has 0 aromatic heterocycles. The summed E-state index contributed by atoms with van der Waals surface area (Å²) < 4.78 is 0. The molecule has 0 radical (unpaired) electrons. The van der Waals surface area contributed by atoms with Crippen LogP contribution in [0.1, 0.15) is 18.1 Å². The molecule has 16 heavy (non-hydrogen) atoms. The van der Waals surface area contributed by atoms with Crippen molar-refractivity contribution in [3.05, 3.63) is 35.4 Å². The SMILES string of the molecule is CC(=O)NCCNCc1ccc(CO)cc1. The number of amides is 1. The van der Waals surface area contributed by atoms with Crippen molar-refractivity contribution in [3.8, 4) is 0 Å². The van der Waals surface area contributed by atoms with E-state index >= 15 is 0 Å². The molecule has 0 aliphatic heterocycles. The van der Waals surface area contributed by atoms with Crippen LogP contribution in [0, 0.1) is 0 Å². The molecule has 0 fully saturated rings. The summed E-state index contributed by atoms with van der Waals surface area (Å²) in [6, 6.07) is 7.78. The Kier molecular flexibility index (Phi) is 5.53. The molecule has 1 aromatic rings. The van der Waals surface area contributed by atoms with Gasteiger partial charge in [-0.25, -0.2) is 0 Å². The zero-order chi connectivity index (χ0) is 11.8. The lowest BCUT2D eigenvalue weighted by Gasteiger charge is -2.06. The zero-order valence-corrected chi connectivity index (χ0v) is 9.49. The van der Waals surface area contributed by atoms with Gasteiger partial charge in [0, 0.05) is 26.6 Å². The molecule has 0 heterocycles. The van der Waals surface area contributed by atoms with Gasteiger partial charge < -0.3 is 15.7 Å². The van der Waals surface area contributed by atoms with Crippen molar-refractivity contribution in [2.75, 3.05) is 13.1 Å².